The molecule has 4 nitrogen and oxygen atoms in total. The largest absolute Gasteiger partial charge is 0.389 e. The van der Waals surface area contributed by atoms with Crippen molar-refractivity contribution in [1.82, 2.24) is 5.32 Å². The lowest BCUT2D eigenvalue weighted by Gasteiger charge is -2.21. The molecule has 114 valence electrons. The van der Waals surface area contributed by atoms with Gasteiger partial charge in [-0.3, -0.25) is 4.79 Å². The van der Waals surface area contributed by atoms with Crippen LogP contribution in [0.4, 0.5) is 0 Å². The maximum atomic E-state index is 11.9. The van der Waals surface area contributed by atoms with Gasteiger partial charge < -0.3 is 15.2 Å². The van der Waals surface area contributed by atoms with E-state index in [0.717, 1.165) is 24.4 Å². The molecule has 0 unspecified atom stereocenters. The summed E-state index contributed by atoms with van der Waals surface area (Å²) in [6, 6.07) is 0. The van der Waals surface area contributed by atoms with Crippen LogP contribution in [0.25, 0.3) is 0 Å². The van der Waals surface area contributed by atoms with Gasteiger partial charge in [-0.05, 0) is 55.8 Å². The molecule has 3 fully saturated rings. The molecule has 0 aromatic rings. The monoisotopic (exact) mass is 281 g/mol. The van der Waals surface area contributed by atoms with Gasteiger partial charge in [0.15, 0.2) is 0 Å². The van der Waals surface area contributed by atoms with Crippen LogP contribution in [0.2, 0.25) is 0 Å². The first-order chi connectivity index (χ1) is 9.70. The van der Waals surface area contributed by atoms with Crippen molar-refractivity contribution in [2.75, 3.05) is 19.8 Å². The first-order valence-electron chi connectivity index (χ1n) is 8.23. The van der Waals surface area contributed by atoms with Crippen molar-refractivity contribution in [3.05, 3.63) is 0 Å². The Hall–Kier alpha value is -0.610. The van der Waals surface area contributed by atoms with Gasteiger partial charge in [0, 0.05) is 19.6 Å². The number of ether oxygens (including phenoxy) is 1. The van der Waals surface area contributed by atoms with Crippen LogP contribution in [0.5, 0.6) is 0 Å². The van der Waals surface area contributed by atoms with Gasteiger partial charge in [0.2, 0.25) is 5.91 Å². The summed E-state index contributed by atoms with van der Waals surface area (Å²) in [6.07, 6.45) is 7.88. The van der Waals surface area contributed by atoms with Crippen LogP contribution in [0, 0.1) is 23.7 Å². The van der Waals surface area contributed by atoms with Gasteiger partial charge in [-0.25, -0.2) is 0 Å². The Kier molecular flexibility index (Phi) is 4.61. The molecule has 0 heterocycles. The third-order valence-electron chi connectivity index (χ3n) is 5.23. The van der Waals surface area contributed by atoms with Crippen molar-refractivity contribution in [3.8, 4) is 0 Å². The zero-order valence-electron chi connectivity index (χ0n) is 12.2. The van der Waals surface area contributed by atoms with Gasteiger partial charge in [-0.2, -0.15) is 0 Å². The molecule has 20 heavy (non-hydrogen) atoms. The summed E-state index contributed by atoms with van der Waals surface area (Å²) in [6.45, 7) is 1.42. The second-order valence-electron chi connectivity index (χ2n) is 7.08. The normalized spacial score (nSPS) is 33.4. The van der Waals surface area contributed by atoms with E-state index in [4.69, 9.17) is 4.74 Å². The highest BCUT2D eigenvalue weighted by Gasteiger charge is 2.40. The van der Waals surface area contributed by atoms with E-state index in [1.807, 2.05) is 0 Å². The Morgan fingerprint density at radius 2 is 2.10 bits per heavy atom. The lowest BCUT2D eigenvalue weighted by Crippen LogP contribution is -2.36. The fourth-order valence-electron chi connectivity index (χ4n) is 3.88. The number of hydrogen-bond donors (Lipinski definition) is 2. The summed E-state index contributed by atoms with van der Waals surface area (Å²) in [5.41, 5.74) is 0. The highest BCUT2D eigenvalue weighted by atomic mass is 16.5. The quantitative estimate of drug-likeness (QED) is 0.712. The molecule has 0 radical (unpaired) electrons. The van der Waals surface area contributed by atoms with Crippen molar-refractivity contribution in [3.63, 3.8) is 0 Å². The Morgan fingerprint density at radius 3 is 2.75 bits per heavy atom. The van der Waals surface area contributed by atoms with Crippen LogP contribution >= 0.6 is 0 Å². The molecular weight excluding hydrogens is 254 g/mol. The van der Waals surface area contributed by atoms with Crippen molar-refractivity contribution >= 4 is 5.91 Å². The third kappa shape index (κ3) is 3.95. The maximum Gasteiger partial charge on any atom is 0.220 e. The molecule has 0 aliphatic heterocycles. The molecule has 3 aliphatic carbocycles. The number of amides is 1. The molecule has 0 spiro atoms. The molecule has 2 bridgehead atoms. The predicted octanol–water partition coefficient (Wildman–Crippen LogP) is 1.72. The molecule has 1 amide bonds. The lowest BCUT2D eigenvalue weighted by molar-refractivity contribution is -0.123. The van der Waals surface area contributed by atoms with Gasteiger partial charge >= 0.3 is 0 Å². The van der Waals surface area contributed by atoms with E-state index in [9.17, 15) is 9.90 Å². The molecule has 3 aliphatic rings. The molecule has 4 heteroatoms. The van der Waals surface area contributed by atoms with Crippen LogP contribution < -0.4 is 5.32 Å². The number of carbonyl (C=O) groups excluding carboxylic acids is 1. The van der Waals surface area contributed by atoms with E-state index in [0.29, 0.717) is 25.5 Å². The van der Waals surface area contributed by atoms with Crippen molar-refractivity contribution in [1.29, 1.82) is 0 Å². The first-order valence-corrected chi connectivity index (χ1v) is 8.23. The molecule has 3 saturated carbocycles. The summed E-state index contributed by atoms with van der Waals surface area (Å²) in [7, 11) is 0. The standard InChI is InChI=1S/C16H27NO3/c18-15(10-20-9-11-1-2-11)8-17-16(19)7-14-6-12-3-4-13(14)5-12/h11-15,18H,1-10H2,(H,17,19)/t12-,13-,14+,15-/m0/s1. The molecule has 0 aromatic heterocycles. The van der Waals surface area contributed by atoms with Crippen molar-refractivity contribution in [2.24, 2.45) is 23.7 Å². The van der Waals surface area contributed by atoms with Crippen LogP contribution in [0.3, 0.4) is 0 Å². The minimum Gasteiger partial charge on any atom is -0.389 e. The van der Waals surface area contributed by atoms with E-state index in [2.05, 4.69) is 5.32 Å². The zero-order chi connectivity index (χ0) is 13.9. The number of carbonyl (C=O) groups is 1. The number of fused-ring (bicyclic) bond motifs is 2. The Bertz CT molecular complexity index is 343. The summed E-state index contributed by atoms with van der Waals surface area (Å²) in [5, 5.41) is 12.6. The fourth-order valence-corrected chi connectivity index (χ4v) is 3.88. The van der Waals surface area contributed by atoms with E-state index in [1.54, 1.807) is 0 Å². The predicted molar refractivity (Wildman–Crippen MR) is 76.1 cm³/mol. The summed E-state index contributed by atoms with van der Waals surface area (Å²) in [5.74, 6) is 3.09. The zero-order valence-corrected chi connectivity index (χ0v) is 12.2. The Morgan fingerprint density at radius 1 is 1.25 bits per heavy atom. The molecular formula is C16H27NO3. The van der Waals surface area contributed by atoms with Crippen molar-refractivity contribution in [2.45, 2.75) is 51.0 Å². The SMILES string of the molecule is O=C(C[C@H]1C[C@H]2CC[C@H]1C2)NC[C@H](O)COCC1CC1. The smallest absolute Gasteiger partial charge is 0.220 e. The third-order valence-corrected chi connectivity index (χ3v) is 5.23. The number of hydrogen-bond acceptors (Lipinski definition) is 3. The van der Waals surface area contributed by atoms with Gasteiger partial charge in [-0.15, -0.1) is 0 Å². The maximum absolute atomic E-state index is 11.9. The molecule has 0 aromatic carbocycles. The molecule has 0 saturated heterocycles. The van der Waals surface area contributed by atoms with Crippen LogP contribution in [0.1, 0.15) is 44.9 Å². The van der Waals surface area contributed by atoms with Crippen LogP contribution in [0.15, 0.2) is 0 Å². The number of aliphatic hydroxyl groups is 1. The summed E-state index contributed by atoms with van der Waals surface area (Å²) >= 11 is 0. The average molecular weight is 281 g/mol. The summed E-state index contributed by atoms with van der Waals surface area (Å²) < 4.78 is 5.42. The van der Waals surface area contributed by atoms with Crippen LogP contribution in [-0.4, -0.2) is 36.9 Å². The highest BCUT2D eigenvalue weighted by molar-refractivity contribution is 5.76. The minimum absolute atomic E-state index is 0.101. The van der Waals surface area contributed by atoms with Crippen LogP contribution in [-0.2, 0) is 9.53 Å². The van der Waals surface area contributed by atoms with Gasteiger partial charge in [0.25, 0.3) is 0 Å². The van der Waals surface area contributed by atoms with Gasteiger partial charge in [-0.1, -0.05) is 6.42 Å². The van der Waals surface area contributed by atoms with Crippen molar-refractivity contribution < 1.29 is 14.6 Å². The fraction of sp³-hybridized carbons (Fsp3) is 0.938. The van der Waals surface area contributed by atoms with E-state index >= 15 is 0 Å². The second kappa shape index (κ2) is 6.44. The van der Waals surface area contributed by atoms with Gasteiger partial charge in [0.05, 0.1) is 12.7 Å². The van der Waals surface area contributed by atoms with Gasteiger partial charge in [0.1, 0.15) is 0 Å². The average Bonchev–Trinajstić information content (AvgIpc) is 3.01. The Labute approximate surface area is 121 Å². The molecule has 4 atom stereocenters. The second-order valence-corrected chi connectivity index (χ2v) is 7.08. The number of nitrogens with one attached hydrogen (secondary N) is 1. The van der Waals surface area contributed by atoms with E-state index in [-0.39, 0.29) is 5.91 Å². The topological polar surface area (TPSA) is 58.6 Å². The number of aliphatic hydroxyl groups excluding tert-OH is 1. The van der Waals surface area contributed by atoms with E-state index in [1.165, 1.54) is 38.5 Å². The number of rotatable bonds is 8. The van der Waals surface area contributed by atoms with E-state index < -0.39 is 6.10 Å². The molecule has 3 rings (SSSR count). The lowest BCUT2D eigenvalue weighted by atomic mass is 9.86. The highest BCUT2D eigenvalue weighted by Crippen LogP contribution is 2.49. The Balaban J connectivity index is 1.26. The molecule has 2 N–H and O–H groups in total. The summed E-state index contributed by atoms with van der Waals surface area (Å²) in [4.78, 5) is 11.9. The minimum atomic E-state index is -0.572. The first kappa shape index (κ1) is 14.3.